The van der Waals surface area contributed by atoms with Gasteiger partial charge in [-0.2, -0.15) is 0 Å². The molecule has 1 aliphatic heterocycles. The molecular formula is C12H24O. The van der Waals surface area contributed by atoms with E-state index in [4.69, 9.17) is 4.74 Å². The molecule has 0 N–H and O–H groups in total. The van der Waals surface area contributed by atoms with Gasteiger partial charge < -0.3 is 4.74 Å². The summed E-state index contributed by atoms with van der Waals surface area (Å²) < 4.78 is 5.57. The lowest BCUT2D eigenvalue weighted by atomic mass is 9.92. The highest BCUT2D eigenvalue weighted by Crippen LogP contribution is 2.35. The zero-order valence-corrected chi connectivity index (χ0v) is 9.38. The van der Waals surface area contributed by atoms with E-state index in [2.05, 4.69) is 20.8 Å². The van der Waals surface area contributed by atoms with Crippen LogP contribution in [-0.4, -0.2) is 12.2 Å². The minimum atomic E-state index is 0.554. The van der Waals surface area contributed by atoms with Gasteiger partial charge in [0.05, 0.1) is 12.2 Å². The van der Waals surface area contributed by atoms with Crippen molar-refractivity contribution in [3.8, 4) is 0 Å². The van der Waals surface area contributed by atoms with Crippen LogP contribution in [0.5, 0.6) is 0 Å². The van der Waals surface area contributed by atoms with Crippen molar-refractivity contribution in [2.45, 2.75) is 71.5 Å². The Bertz CT molecular complexity index is 125. The molecule has 0 bridgehead atoms. The smallest absolute Gasteiger partial charge is 0.0867 e. The van der Waals surface area contributed by atoms with Crippen LogP contribution in [0.25, 0.3) is 0 Å². The zero-order valence-electron chi connectivity index (χ0n) is 9.38. The zero-order chi connectivity index (χ0) is 9.68. The molecule has 0 aliphatic carbocycles. The highest BCUT2D eigenvalue weighted by atomic mass is 16.6. The normalized spacial score (nSPS) is 26.8. The summed E-state index contributed by atoms with van der Waals surface area (Å²) in [5, 5.41) is 0. The van der Waals surface area contributed by atoms with E-state index in [0.717, 1.165) is 5.92 Å². The minimum absolute atomic E-state index is 0.554. The van der Waals surface area contributed by atoms with Crippen molar-refractivity contribution >= 4 is 0 Å². The Morgan fingerprint density at radius 1 is 1.08 bits per heavy atom. The lowest BCUT2D eigenvalue weighted by molar-refractivity contribution is 0.287. The average molecular weight is 184 g/mol. The van der Waals surface area contributed by atoms with Crippen molar-refractivity contribution < 1.29 is 4.74 Å². The van der Waals surface area contributed by atoms with Crippen LogP contribution in [0.1, 0.15) is 59.3 Å². The largest absolute Gasteiger partial charge is 0.370 e. The number of epoxide rings is 1. The summed E-state index contributed by atoms with van der Waals surface area (Å²) in [6.07, 6.45) is 9.32. The predicted molar refractivity (Wildman–Crippen MR) is 56.9 cm³/mol. The van der Waals surface area contributed by atoms with Crippen molar-refractivity contribution in [1.29, 1.82) is 0 Å². The van der Waals surface area contributed by atoms with Crippen LogP contribution < -0.4 is 0 Å². The van der Waals surface area contributed by atoms with Gasteiger partial charge in [-0.1, -0.05) is 39.5 Å². The summed E-state index contributed by atoms with van der Waals surface area (Å²) in [6.45, 7) is 6.75. The highest BCUT2D eigenvalue weighted by Gasteiger charge is 2.40. The molecule has 1 nitrogen and oxygen atoms in total. The summed E-state index contributed by atoms with van der Waals surface area (Å²) >= 11 is 0. The number of ether oxygens (including phenoxy) is 1. The van der Waals surface area contributed by atoms with Crippen LogP contribution in [0.3, 0.4) is 0 Å². The van der Waals surface area contributed by atoms with E-state index in [9.17, 15) is 0 Å². The Morgan fingerprint density at radius 3 is 1.85 bits per heavy atom. The van der Waals surface area contributed by atoms with E-state index in [1.165, 1.54) is 38.5 Å². The van der Waals surface area contributed by atoms with E-state index in [1.54, 1.807) is 0 Å². The lowest BCUT2D eigenvalue weighted by Gasteiger charge is -2.13. The van der Waals surface area contributed by atoms with E-state index in [1.807, 2.05) is 0 Å². The average Bonchev–Trinajstić information content (AvgIpc) is 2.83. The summed E-state index contributed by atoms with van der Waals surface area (Å²) in [5.74, 6) is 0.856. The minimum Gasteiger partial charge on any atom is -0.370 e. The molecular weight excluding hydrogens is 160 g/mol. The van der Waals surface area contributed by atoms with Gasteiger partial charge in [-0.25, -0.2) is 0 Å². The van der Waals surface area contributed by atoms with E-state index in [-0.39, 0.29) is 0 Å². The molecule has 1 heterocycles. The molecule has 78 valence electrons. The maximum Gasteiger partial charge on any atom is 0.0867 e. The van der Waals surface area contributed by atoms with Crippen molar-refractivity contribution in [3.05, 3.63) is 0 Å². The third-order valence-corrected chi connectivity index (χ3v) is 3.08. The van der Waals surface area contributed by atoms with Crippen LogP contribution in [0.2, 0.25) is 0 Å². The fourth-order valence-corrected chi connectivity index (χ4v) is 2.10. The molecule has 0 amide bonds. The van der Waals surface area contributed by atoms with E-state index in [0.29, 0.717) is 12.2 Å². The first-order valence-corrected chi connectivity index (χ1v) is 5.95. The Kier molecular flexibility index (Phi) is 4.79. The first-order valence-electron chi connectivity index (χ1n) is 5.95. The first-order chi connectivity index (χ1) is 6.29. The van der Waals surface area contributed by atoms with Gasteiger partial charge in [0.25, 0.3) is 0 Å². The number of unbranched alkanes of at least 4 members (excludes halogenated alkanes) is 2. The third-order valence-electron chi connectivity index (χ3n) is 3.08. The Morgan fingerprint density at radius 2 is 1.54 bits per heavy atom. The fourth-order valence-electron chi connectivity index (χ4n) is 2.10. The summed E-state index contributed by atoms with van der Waals surface area (Å²) in [5.41, 5.74) is 0. The van der Waals surface area contributed by atoms with Crippen molar-refractivity contribution in [2.75, 3.05) is 0 Å². The second-order valence-electron chi connectivity index (χ2n) is 4.35. The molecule has 13 heavy (non-hydrogen) atoms. The molecule has 2 unspecified atom stereocenters. The van der Waals surface area contributed by atoms with E-state index >= 15 is 0 Å². The van der Waals surface area contributed by atoms with Gasteiger partial charge in [0, 0.05) is 0 Å². The second kappa shape index (κ2) is 5.64. The molecule has 1 aliphatic rings. The van der Waals surface area contributed by atoms with Crippen LogP contribution in [0.15, 0.2) is 0 Å². The third kappa shape index (κ3) is 3.68. The molecule has 0 aromatic carbocycles. The summed E-state index contributed by atoms with van der Waals surface area (Å²) in [6, 6.07) is 0. The molecule has 0 aromatic rings. The molecule has 1 heteroatoms. The molecule has 0 radical (unpaired) electrons. The van der Waals surface area contributed by atoms with Crippen molar-refractivity contribution in [2.24, 2.45) is 5.92 Å². The van der Waals surface area contributed by atoms with Crippen molar-refractivity contribution in [1.82, 2.24) is 0 Å². The van der Waals surface area contributed by atoms with Gasteiger partial charge in [-0.15, -0.1) is 0 Å². The Hall–Kier alpha value is -0.0400. The van der Waals surface area contributed by atoms with E-state index < -0.39 is 0 Å². The Labute approximate surface area is 82.9 Å². The first kappa shape index (κ1) is 11.0. The summed E-state index contributed by atoms with van der Waals surface area (Å²) in [4.78, 5) is 0. The SMILES string of the molecule is CCCCC(CCCC)C1OC1C. The molecule has 1 rings (SSSR count). The molecule has 1 saturated heterocycles. The van der Waals surface area contributed by atoms with Gasteiger partial charge >= 0.3 is 0 Å². The maximum absolute atomic E-state index is 5.57. The number of rotatable bonds is 7. The van der Waals surface area contributed by atoms with Gasteiger partial charge in [0.1, 0.15) is 0 Å². The molecule has 2 atom stereocenters. The van der Waals surface area contributed by atoms with Crippen molar-refractivity contribution in [3.63, 3.8) is 0 Å². The Balaban J connectivity index is 2.18. The second-order valence-corrected chi connectivity index (χ2v) is 4.35. The standard InChI is InChI=1S/C12H24O/c1-4-6-8-11(9-7-5-2)12-10(3)13-12/h10-12H,4-9H2,1-3H3. The van der Waals surface area contributed by atoms with Gasteiger partial charge in [-0.3, -0.25) is 0 Å². The highest BCUT2D eigenvalue weighted by molar-refractivity contribution is 4.87. The molecule has 0 aromatic heterocycles. The number of hydrogen-bond donors (Lipinski definition) is 0. The summed E-state index contributed by atoms with van der Waals surface area (Å²) in [7, 11) is 0. The fraction of sp³-hybridized carbons (Fsp3) is 1.00. The lowest BCUT2D eigenvalue weighted by Crippen LogP contribution is -2.10. The van der Waals surface area contributed by atoms with Crippen LogP contribution >= 0.6 is 0 Å². The van der Waals surface area contributed by atoms with Crippen LogP contribution in [-0.2, 0) is 4.74 Å². The van der Waals surface area contributed by atoms with Gasteiger partial charge in [0.15, 0.2) is 0 Å². The topological polar surface area (TPSA) is 12.5 Å². The molecule has 0 spiro atoms. The monoisotopic (exact) mass is 184 g/mol. The van der Waals surface area contributed by atoms with Gasteiger partial charge in [-0.05, 0) is 25.7 Å². The van der Waals surface area contributed by atoms with Crippen LogP contribution in [0, 0.1) is 5.92 Å². The quantitative estimate of drug-likeness (QED) is 0.549. The van der Waals surface area contributed by atoms with Crippen LogP contribution in [0.4, 0.5) is 0 Å². The predicted octanol–water partition coefficient (Wildman–Crippen LogP) is 3.77. The molecule has 1 fully saturated rings. The molecule has 0 saturated carbocycles. The maximum atomic E-state index is 5.57. The number of hydrogen-bond acceptors (Lipinski definition) is 1. The van der Waals surface area contributed by atoms with Gasteiger partial charge in [0.2, 0.25) is 0 Å².